The van der Waals surface area contributed by atoms with Crippen LogP contribution in [0.5, 0.6) is 0 Å². The molecule has 1 aromatic heterocycles. The van der Waals surface area contributed by atoms with Gasteiger partial charge in [-0.1, -0.05) is 0 Å². The Balaban J connectivity index is 1.94. The lowest BCUT2D eigenvalue weighted by Crippen LogP contribution is -2.49. The number of allylic oxidation sites excluding steroid dienone is 2. The van der Waals surface area contributed by atoms with Crippen LogP contribution in [0.25, 0.3) is 5.57 Å². The van der Waals surface area contributed by atoms with Crippen LogP contribution < -0.4 is 10.6 Å². The quantitative estimate of drug-likeness (QED) is 0.479. The van der Waals surface area contributed by atoms with E-state index < -0.39 is 48.0 Å². The summed E-state index contributed by atoms with van der Waals surface area (Å²) in [4.78, 5) is 16.1. The predicted molar refractivity (Wildman–Crippen MR) is 105 cm³/mol. The fourth-order valence-electron chi connectivity index (χ4n) is 3.73. The van der Waals surface area contributed by atoms with Crippen LogP contribution >= 0.6 is 0 Å². The molecule has 1 saturated carbocycles. The summed E-state index contributed by atoms with van der Waals surface area (Å²) in [6.45, 7) is 5.07. The van der Waals surface area contributed by atoms with Gasteiger partial charge in [-0.3, -0.25) is 10.3 Å². The third-order valence-corrected chi connectivity index (χ3v) is 5.12. The number of halogens is 4. The number of hydrogen-bond donors (Lipinski definition) is 2. The average molecular weight is 427 g/mol. The maximum absolute atomic E-state index is 16.2. The zero-order valence-corrected chi connectivity index (χ0v) is 17.1. The normalized spacial score (nSPS) is 24.4. The van der Waals surface area contributed by atoms with E-state index in [1.54, 1.807) is 20.8 Å². The molecule has 1 unspecified atom stereocenters. The van der Waals surface area contributed by atoms with Crippen LogP contribution in [0.4, 0.5) is 28.0 Å². The van der Waals surface area contributed by atoms with Crippen molar-refractivity contribution in [2.75, 3.05) is 5.32 Å². The molecule has 5 nitrogen and oxygen atoms in total. The van der Waals surface area contributed by atoms with Gasteiger partial charge >= 0.3 is 6.09 Å². The molecule has 0 spiro atoms. The Morgan fingerprint density at radius 1 is 1.27 bits per heavy atom. The largest absolute Gasteiger partial charge is 0.444 e. The van der Waals surface area contributed by atoms with E-state index in [-0.39, 0.29) is 29.7 Å². The molecule has 3 rings (SSSR count). The van der Waals surface area contributed by atoms with E-state index >= 15 is 4.39 Å². The monoisotopic (exact) mass is 427 g/mol. The Bertz CT molecular complexity index is 869. The lowest BCUT2D eigenvalue weighted by Gasteiger charge is -2.41. The number of alkyl halides is 3. The van der Waals surface area contributed by atoms with Crippen LogP contribution in [-0.2, 0) is 4.74 Å². The molecule has 30 heavy (non-hydrogen) atoms. The minimum Gasteiger partial charge on any atom is -0.444 e. The van der Waals surface area contributed by atoms with Gasteiger partial charge in [0.05, 0.1) is 11.9 Å². The molecule has 1 amide bonds. The van der Waals surface area contributed by atoms with E-state index in [1.807, 2.05) is 0 Å². The summed E-state index contributed by atoms with van der Waals surface area (Å²) in [5, 5.41) is 4.94. The number of rotatable bonds is 3. The first kappa shape index (κ1) is 22.1. The number of ether oxygens (including phenoxy) is 1. The Labute approximate surface area is 172 Å². The number of aromatic nitrogens is 1. The van der Waals surface area contributed by atoms with E-state index in [0.29, 0.717) is 0 Å². The molecule has 9 heteroatoms. The van der Waals surface area contributed by atoms with E-state index in [1.165, 1.54) is 18.5 Å². The van der Waals surface area contributed by atoms with Gasteiger partial charge in [0.2, 0.25) is 11.7 Å². The minimum absolute atomic E-state index is 0.0663. The van der Waals surface area contributed by atoms with Gasteiger partial charge in [0.1, 0.15) is 11.4 Å². The molecule has 1 aliphatic carbocycles. The number of pyridine rings is 1. The van der Waals surface area contributed by atoms with Crippen LogP contribution in [0, 0.1) is 5.92 Å². The SMILES string of the molecule is CC(C)(C)OC(=O)Nc1cnccc1C1=CC(F)=CNC1(F)C1CCC(F)(F)CC1. The lowest BCUT2D eigenvalue weighted by molar-refractivity contribution is -0.0642. The number of nitrogens with one attached hydrogen (secondary N) is 2. The van der Waals surface area contributed by atoms with Crippen molar-refractivity contribution in [3.63, 3.8) is 0 Å². The minimum atomic E-state index is -2.83. The molecular weight excluding hydrogens is 402 g/mol. The number of carbonyl (C=O) groups is 1. The van der Waals surface area contributed by atoms with E-state index in [0.717, 1.165) is 12.3 Å². The Kier molecular flexibility index (Phi) is 5.84. The summed E-state index contributed by atoms with van der Waals surface area (Å²) < 4.78 is 62.7. The Morgan fingerprint density at radius 3 is 2.57 bits per heavy atom. The van der Waals surface area contributed by atoms with Crippen molar-refractivity contribution >= 4 is 17.4 Å². The number of anilines is 1. The maximum Gasteiger partial charge on any atom is 0.412 e. The topological polar surface area (TPSA) is 63.2 Å². The van der Waals surface area contributed by atoms with Crippen LogP contribution in [-0.4, -0.2) is 28.4 Å². The molecule has 1 fully saturated rings. The highest BCUT2D eigenvalue weighted by Gasteiger charge is 2.49. The number of amides is 1. The highest BCUT2D eigenvalue weighted by molar-refractivity contribution is 5.91. The van der Waals surface area contributed by atoms with Gasteiger partial charge in [-0.05, 0) is 45.8 Å². The second-order valence-electron chi connectivity index (χ2n) is 8.62. The van der Waals surface area contributed by atoms with Crippen molar-refractivity contribution in [2.45, 2.75) is 63.8 Å². The average Bonchev–Trinajstić information content (AvgIpc) is 2.63. The molecule has 0 bridgehead atoms. The van der Waals surface area contributed by atoms with Gasteiger partial charge < -0.3 is 10.1 Å². The summed E-state index contributed by atoms with van der Waals surface area (Å²) in [7, 11) is 0. The summed E-state index contributed by atoms with van der Waals surface area (Å²) in [5.74, 6) is -6.63. The van der Waals surface area contributed by atoms with Crippen molar-refractivity contribution in [1.82, 2.24) is 10.3 Å². The Morgan fingerprint density at radius 2 is 1.93 bits per heavy atom. The molecular formula is C21H25F4N3O2. The summed E-state index contributed by atoms with van der Waals surface area (Å²) in [6.07, 6.45) is 2.78. The second kappa shape index (κ2) is 7.92. The molecule has 1 aromatic rings. The summed E-state index contributed by atoms with van der Waals surface area (Å²) in [6, 6.07) is 1.44. The van der Waals surface area contributed by atoms with Crippen LogP contribution in [0.15, 0.2) is 36.6 Å². The molecule has 2 heterocycles. The standard InChI is InChI=1S/C21H25F4N3O2/c1-19(2,3)30-18(29)28-17-12-26-9-6-15(17)16-10-14(22)11-27-21(16,25)13-4-7-20(23,24)8-5-13/h6,9-13,27H,4-5,7-8H2,1-3H3,(H,28,29). The maximum atomic E-state index is 16.2. The molecule has 1 aliphatic heterocycles. The zero-order valence-electron chi connectivity index (χ0n) is 17.1. The first-order valence-electron chi connectivity index (χ1n) is 9.76. The summed E-state index contributed by atoms with van der Waals surface area (Å²) >= 11 is 0. The third kappa shape index (κ3) is 4.94. The smallest absolute Gasteiger partial charge is 0.412 e. The van der Waals surface area contributed by atoms with Crippen LogP contribution in [0.1, 0.15) is 52.0 Å². The lowest BCUT2D eigenvalue weighted by atomic mass is 9.75. The van der Waals surface area contributed by atoms with Crippen molar-refractivity contribution in [3.8, 4) is 0 Å². The van der Waals surface area contributed by atoms with Gasteiger partial charge in [0.25, 0.3) is 0 Å². The van der Waals surface area contributed by atoms with Gasteiger partial charge in [-0.15, -0.1) is 0 Å². The highest BCUT2D eigenvalue weighted by Crippen LogP contribution is 2.48. The predicted octanol–water partition coefficient (Wildman–Crippen LogP) is 5.72. The molecule has 1 atom stereocenters. The fraction of sp³-hybridized carbons (Fsp3) is 0.524. The number of carbonyl (C=O) groups excluding carboxylic acids is 1. The third-order valence-electron chi connectivity index (χ3n) is 5.12. The fourth-order valence-corrected chi connectivity index (χ4v) is 3.73. The first-order chi connectivity index (χ1) is 13.9. The van der Waals surface area contributed by atoms with Crippen molar-refractivity contribution in [2.24, 2.45) is 5.92 Å². The highest BCUT2D eigenvalue weighted by atomic mass is 19.3. The van der Waals surface area contributed by atoms with E-state index in [9.17, 15) is 18.0 Å². The van der Waals surface area contributed by atoms with E-state index in [2.05, 4.69) is 15.6 Å². The van der Waals surface area contributed by atoms with Crippen molar-refractivity contribution in [1.29, 1.82) is 0 Å². The molecule has 0 radical (unpaired) electrons. The van der Waals surface area contributed by atoms with Gasteiger partial charge in [0, 0.05) is 42.3 Å². The first-order valence-corrected chi connectivity index (χ1v) is 9.76. The van der Waals surface area contributed by atoms with Gasteiger partial charge in [-0.25, -0.2) is 22.4 Å². The summed E-state index contributed by atoms with van der Waals surface area (Å²) in [5.41, 5.74) is -0.542. The molecule has 164 valence electrons. The van der Waals surface area contributed by atoms with Crippen LogP contribution in [0.3, 0.4) is 0 Å². The van der Waals surface area contributed by atoms with Gasteiger partial charge in [0.15, 0.2) is 0 Å². The molecule has 2 aliphatic rings. The van der Waals surface area contributed by atoms with Gasteiger partial charge in [-0.2, -0.15) is 0 Å². The van der Waals surface area contributed by atoms with Crippen molar-refractivity contribution in [3.05, 3.63) is 42.1 Å². The molecule has 2 N–H and O–H groups in total. The van der Waals surface area contributed by atoms with Crippen molar-refractivity contribution < 1.29 is 27.1 Å². The zero-order chi connectivity index (χ0) is 22.2. The number of hydrogen-bond acceptors (Lipinski definition) is 4. The Hall–Kier alpha value is -2.58. The second-order valence-corrected chi connectivity index (χ2v) is 8.62. The van der Waals surface area contributed by atoms with Crippen LogP contribution in [0.2, 0.25) is 0 Å². The number of dihydropyridines is 1. The molecule has 0 aromatic carbocycles. The molecule has 0 saturated heterocycles. The number of nitrogens with zero attached hydrogens (tertiary/aromatic N) is 1. The van der Waals surface area contributed by atoms with E-state index in [4.69, 9.17) is 4.74 Å².